The van der Waals surface area contributed by atoms with Crippen molar-refractivity contribution in [1.82, 2.24) is 0 Å². The number of anilines is 1. The standard InChI is InChI=1S/C19H16N2/c1-14-9-10-15(12-20)11-19(14)21-13-17-7-4-6-16-5-2-3-8-18(16)17/h2-11,21H,13H2,1H3. The fraction of sp³-hybridized carbons (Fsp3) is 0.105. The molecule has 0 saturated carbocycles. The number of aryl methyl sites for hydroxylation is 1. The first-order valence-electron chi connectivity index (χ1n) is 6.99. The van der Waals surface area contributed by atoms with Crippen LogP contribution in [0, 0.1) is 18.3 Å². The second kappa shape index (κ2) is 5.68. The zero-order valence-corrected chi connectivity index (χ0v) is 11.9. The van der Waals surface area contributed by atoms with Crippen molar-refractivity contribution in [3.05, 3.63) is 77.4 Å². The van der Waals surface area contributed by atoms with E-state index in [1.807, 2.05) is 25.1 Å². The van der Waals surface area contributed by atoms with Crippen molar-refractivity contribution in [1.29, 1.82) is 5.26 Å². The summed E-state index contributed by atoms with van der Waals surface area (Å²) in [5.74, 6) is 0. The lowest BCUT2D eigenvalue weighted by molar-refractivity contribution is 1.16. The van der Waals surface area contributed by atoms with E-state index in [2.05, 4.69) is 53.9 Å². The zero-order chi connectivity index (χ0) is 14.7. The predicted octanol–water partition coefficient (Wildman–Crippen LogP) is 4.63. The van der Waals surface area contributed by atoms with Crippen molar-refractivity contribution in [3.63, 3.8) is 0 Å². The summed E-state index contributed by atoms with van der Waals surface area (Å²) in [5, 5.41) is 15.0. The SMILES string of the molecule is Cc1ccc(C#N)cc1NCc1cccc2ccccc12. The van der Waals surface area contributed by atoms with Gasteiger partial charge in [-0.1, -0.05) is 48.5 Å². The zero-order valence-electron chi connectivity index (χ0n) is 11.9. The Hall–Kier alpha value is -2.79. The van der Waals surface area contributed by atoms with E-state index >= 15 is 0 Å². The largest absolute Gasteiger partial charge is 0.381 e. The molecule has 0 aliphatic rings. The molecule has 0 aliphatic carbocycles. The quantitative estimate of drug-likeness (QED) is 0.754. The van der Waals surface area contributed by atoms with Crippen LogP contribution in [0.25, 0.3) is 10.8 Å². The average Bonchev–Trinajstić information content (AvgIpc) is 2.54. The van der Waals surface area contributed by atoms with Crippen molar-refractivity contribution < 1.29 is 0 Å². The van der Waals surface area contributed by atoms with E-state index in [0.717, 1.165) is 17.8 Å². The Kier molecular flexibility index (Phi) is 3.57. The van der Waals surface area contributed by atoms with Gasteiger partial charge in [-0.2, -0.15) is 5.26 Å². The maximum absolute atomic E-state index is 9.00. The van der Waals surface area contributed by atoms with Gasteiger partial charge in [-0.05, 0) is 41.0 Å². The monoisotopic (exact) mass is 272 g/mol. The van der Waals surface area contributed by atoms with Crippen molar-refractivity contribution in [3.8, 4) is 6.07 Å². The molecule has 0 unspecified atom stereocenters. The third-order valence-corrected chi connectivity index (χ3v) is 3.72. The molecule has 0 saturated heterocycles. The first-order chi connectivity index (χ1) is 10.3. The van der Waals surface area contributed by atoms with Crippen LogP contribution in [-0.2, 0) is 6.54 Å². The van der Waals surface area contributed by atoms with Gasteiger partial charge in [0.2, 0.25) is 0 Å². The molecule has 0 fully saturated rings. The van der Waals surface area contributed by atoms with Gasteiger partial charge in [0.25, 0.3) is 0 Å². The number of nitrogens with one attached hydrogen (secondary N) is 1. The van der Waals surface area contributed by atoms with Crippen LogP contribution in [0.2, 0.25) is 0 Å². The van der Waals surface area contributed by atoms with Crippen LogP contribution in [0.15, 0.2) is 60.7 Å². The third-order valence-electron chi connectivity index (χ3n) is 3.72. The van der Waals surface area contributed by atoms with Gasteiger partial charge >= 0.3 is 0 Å². The lowest BCUT2D eigenvalue weighted by Gasteiger charge is -2.12. The maximum atomic E-state index is 9.00. The lowest BCUT2D eigenvalue weighted by atomic mass is 10.0. The smallest absolute Gasteiger partial charge is 0.0992 e. The van der Waals surface area contributed by atoms with Gasteiger partial charge in [0.15, 0.2) is 0 Å². The molecule has 102 valence electrons. The minimum Gasteiger partial charge on any atom is -0.381 e. The molecule has 3 aromatic rings. The van der Waals surface area contributed by atoms with E-state index in [9.17, 15) is 0 Å². The van der Waals surface area contributed by atoms with Gasteiger partial charge in [-0.3, -0.25) is 0 Å². The molecular formula is C19H16N2. The fourth-order valence-electron chi connectivity index (χ4n) is 2.52. The topological polar surface area (TPSA) is 35.8 Å². The molecule has 0 amide bonds. The fourth-order valence-corrected chi connectivity index (χ4v) is 2.52. The molecule has 21 heavy (non-hydrogen) atoms. The van der Waals surface area contributed by atoms with E-state index < -0.39 is 0 Å². The molecule has 3 aromatic carbocycles. The van der Waals surface area contributed by atoms with Gasteiger partial charge in [-0.15, -0.1) is 0 Å². The third kappa shape index (κ3) is 2.73. The first-order valence-corrected chi connectivity index (χ1v) is 6.99. The highest BCUT2D eigenvalue weighted by Gasteiger charge is 2.03. The highest BCUT2D eigenvalue weighted by molar-refractivity contribution is 5.85. The highest BCUT2D eigenvalue weighted by atomic mass is 14.9. The second-order valence-corrected chi connectivity index (χ2v) is 5.13. The first kappa shape index (κ1) is 13.2. The van der Waals surface area contributed by atoms with Gasteiger partial charge in [0.1, 0.15) is 0 Å². The lowest BCUT2D eigenvalue weighted by Crippen LogP contribution is -2.02. The Morgan fingerprint density at radius 1 is 1.00 bits per heavy atom. The molecule has 0 atom stereocenters. The predicted molar refractivity (Wildman–Crippen MR) is 87.2 cm³/mol. The summed E-state index contributed by atoms with van der Waals surface area (Å²) in [6.07, 6.45) is 0. The second-order valence-electron chi connectivity index (χ2n) is 5.13. The van der Waals surface area contributed by atoms with Crippen LogP contribution in [0.3, 0.4) is 0 Å². The van der Waals surface area contributed by atoms with Crippen molar-refractivity contribution in [2.45, 2.75) is 13.5 Å². The Bertz CT molecular complexity index is 823. The number of hydrogen-bond acceptors (Lipinski definition) is 2. The number of nitriles is 1. The van der Waals surface area contributed by atoms with E-state index in [4.69, 9.17) is 5.26 Å². The number of benzene rings is 3. The van der Waals surface area contributed by atoms with Crippen LogP contribution in [0.1, 0.15) is 16.7 Å². The molecule has 2 nitrogen and oxygen atoms in total. The van der Waals surface area contributed by atoms with E-state index in [-0.39, 0.29) is 0 Å². The minimum atomic E-state index is 0.681. The Labute approximate surface area is 124 Å². The molecular weight excluding hydrogens is 256 g/mol. The van der Waals surface area contributed by atoms with Crippen LogP contribution in [0.4, 0.5) is 5.69 Å². The molecule has 0 aliphatic heterocycles. The Morgan fingerprint density at radius 2 is 1.81 bits per heavy atom. The van der Waals surface area contributed by atoms with E-state index in [1.165, 1.54) is 16.3 Å². The van der Waals surface area contributed by atoms with Gasteiger partial charge in [0, 0.05) is 12.2 Å². The molecule has 0 heterocycles. The summed E-state index contributed by atoms with van der Waals surface area (Å²) in [5.41, 5.74) is 4.10. The number of hydrogen-bond donors (Lipinski definition) is 1. The summed E-state index contributed by atoms with van der Waals surface area (Å²) in [7, 11) is 0. The minimum absolute atomic E-state index is 0.681. The van der Waals surface area contributed by atoms with Crippen LogP contribution in [-0.4, -0.2) is 0 Å². The van der Waals surface area contributed by atoms with Crippen LogP contribution >= 0.6 is 0 Å². The summed E-state index contributed by atoms with van der Waals surface area (Å²) < 4.78 is 0. The number of nitrogens with zero attached hydrogens (tertiary/aromatic N) is 1. The molecule has 3 rings (SSSR count). The highest BCUT2D eigenvalue weighted by Crippen LogP contribution is 2.21. The molecule has 0 spiro atoms. The number of rotatable bonds is 3. The summed E-state index contributed by atoms with van der Waals surface area (Å²) >= 11 is 0. The summed E-state index contributed by atoms with van der Waals surface area (Å²) in [6.45, 7) is 2.80. The van der Waals surface area contributed by atoms with E-state index in [1.54, 1.807) is 0 Å². The Morgan fingerprint density at radius 3 is 2.67 bits per heavy atom. The van der Waals surface area contributed by atoms with Gasteiger partial charge in [0.05, 0.1) is 11.6 Å². The van der Waals surface area contributed by atoms with Gasteiger partial charge in [-0.25, -0.2) is 0 Å². The Balaban J connectivity index is 1.89. The van der Waals surface area contributed by atoms with E-state index in [0.29, 0.717) is 5.56 Å². The number of fused-ring (bicyclic) bond motifs is 1. The van der Waals surface area contributed by atoms with Crippen molar-refractivity contribution >= 4 is 16.5 Å². The molecule has 2 heteroatoms. The molecule has 0 aromatic heterocycles. The van der Waals surface area contributed by atoms with Gasteiger partial charge < -0.3 is 5.32 Å². The van der Waals surface area contributed by atoms with Crippen LogP contribution < -0.4 is 5.32 Å². The summed E-state index contributed by atoms with van der Waals surface area (Å²) in [6, 6.07) is 22.6. The normalized spacial score (nSPS) is 10.3. The van der Waals surface area contributed by atoms with Crippen molar-refractivity contribution in [2.24, 2.45) is 0 Å². The molecule has 0 bridgehead atoms. The average molecular weight is 272 g/mol. The molecule has 1 N–H and O–H groups in total. The summed E-state index contributed by atoms with van der Waals surface area (Å²) in [4.78, 5) is 0. The molecule has 0 radical (unpaired) electrons. The maximum Gasteiger partial charge on any atom is 0.0992 e. The van der Waals surface area contributed by atoms with Crippen LogP contribution in [0.5, 0.6) is 0 Å². The van der Waals surface area contributed by atoms with Crippen molar-refractivity contribution in [2.75, 3.05) is 5.32 Å².